The number of benzene rings is 2. The van der Waals surface area contributed by atoms with Gasteiger partial charge in [0.1, 0.15) is 16.8 Å². The Balaban J connectivity index is 1.41. The van der Waals surface area contributed by atoms with E-state index in [1.165, 1.54) is 6.07 Å². The Kier molecular flexibility index (Phi) is 6.75. The molecule has 2 aromatic carbocycles. The molecule has 1 aliphatic carbocycles. The lowest BCUT2D eigenvalue weighted by Gasteiger charge is -2.56. The molecule has 0 bridgehead atoms. The highest BCUT2D eigenvalue weighted by molar-refractivity contribution is 6.31. The molecule has 4 atom stereocenters. The summed E-state index contributed by atoms with van der Waals surface area (Å²) in [5, 5.41) is 10.1. The maximum atomic E-state index is 15.8. The average molecular weight is 590 g/mol. The predicted octanol–water partition coefficient (Wildman–Crippen LogP) is 4.48. The van der Waals surface area contributed by atoms with Gasteiger partial charge >= 0.3 is 0 Å². The van der Waals surface area contributed by atoms with Gasteiger partial charge in [-0.3, -0.25) is 19.8 Å². The normalized spacial score (nSPS) is 30.9. The van der Waals surface area contributed by atoms with Gasteiger partial charge in [0.15, 0.2) is 0 Å². The Hall–Kier alpha value is -2.23. The molecule has 3 N–H and O–H groups in total. The average Bonchev–Trinajstić information content (AvgIpc) is 3.34. The second-order valence-electron chi connectivity index (χ2n) is 12.7. The number of carbonyl (C=O) groups excluding carboxylic acids is 2. The van der Waals surface area contributed by atoms with Crippen LogP contribution in [0.2, 0.25) is 10.0 Å². The number of rotatable bonds is 7. The molecule has 3 fully saturated rings. The van der Waals surface area contributed by atoms with Crippen LogP contribution in [-0.2, 0) is 19.7 Å². The van der Waals surface area contributed by atoms with E-state index in [2.05, 4.69) is 41.6 Å². The third-order valence-electron chi connectivity index (χ3n) is 9.06. The highest BCUT2D eigenvalue weighted by atomic mass is 35.5. The van der Waals surface area contributed by atoms with Crippen molar-refractivity contribution in [2.75, 3.05) is 44.7 Å². The lowest BCUT2D eigenvalue weighted by Crippen LogP contribution is -2.73. The molecule has 2 aromatic rings. The van der Waals surface area contributed by atoms with Crippen LogP contribution in [0.1, 0.15) is 50.7 Å². The van der Waals surface area contributed by atoms with Gasteiger partial charge in [-0.2, -0.15) is 0 Å². The molecular formula is C30H35Cl2FN4O3. The maximum Gasteiger partial charge on any atom is 0.242 e. The summed E-state index contributed by atoms with van der Waals surface area (Å²) in [6, 6.07) is 10.1. The van der Waals surface area contributed by atoms with Crippen molar-refractivity contribution in [3.05, 3.63) is 63.4 Å². The van der Waals surface area contributed by atoms with E-state index in [9.17, 15) is 9.59 Å². The molecule has 0 aromatic heterocycles. The monoisotopic (exact) mass is 588 g/mol. The molecule has 40 heavy (non-hydrogen) atoms. The zero-order chi connectivity index (χ0) is 28.5. The number of anilines is 1. The van der Waals surface area contributed by atoms with E-state index in [1.54, 1.807) is 24.3 Å². The largest absolute Gasteiger partial charge is 0.379 e. The summed E-state index contributed by atoms with van der Waals surface area (Å²) in [4.78, 5) is 30.7. The van der Waals surface area contributed by atoms with Gasteiger partial charge in [0.05, 0.1) is 23.8 Å². The highest BCUT2D eigenvalue weighted by Gasteiger charge is 2.97. The third-order valence-corrected chi connectivity index (χ3v) is 9.59. The van der Waals surface area contributed by atoms with Crippen LogP contribution < -0.4 is 16.0 Å². The van der Waals surface area contributed by atoms with E-state index < -0.39 is 28.2 Å². The molecular weight excluding hydrogens is 554 g/mol. The van der Waals surface area contributed by atoms with Crippen LogP contribution in [0.4, 0.5) is 10.1 Å². The van der Waals surface area contributed by atoms with Gasteiger partial charge < -0.3 is 15.4 Å². The molecule has 7 nitrogen and oxygen atoms in total. The van der Waals surface area contributed by atoms with E-state index in [-0.39, 0.29) is 27.8 Å². The molecule has 6 rings (SSSR count). The summed E-state index contributed by atoms with van der Waals surface area (Å²) in [7, 11) is 0. The fourth-order valence-corrected chi connectivity index (χ4v) is 8.08. The highest BCUT2D eigenvalue weighted by Crippen LogP contribution is 2.79. The summed E-state index contributed by atoms with van der Waals surface area (Å²) in [5.74, 6) is -1.91. The lowest BCUT2D eigenvalue weighted by molar-refractivity contribution is -0.135. The Morgan fingerprint density at radius 3 is 2.67 bits per heavy atom. The van der Waals surface area contributed by atoms with Crippen molar-refractivity contribution in [3.63, 3.8) is 0 Å². The molecule has 1 saturated carbocycles. The molecule has 214 valence electrons. The zero-order valence-electron chi connectivity index (χ0n) is 23.0. The minimum absolute atomic E-state index is 0.0441. The van der Waals surface area contributed by atoms with E-state index in [1.807, 2.05) is 6.07 Å². The summed E-state index contributed by atoms with van der Waals surface area (Å²) in [6.45, 7) is 10.8. The topological polar surface area (TPSA) is 92.6 Å². The van der Waals surface area contributed by atoms with Gasteiger partial charge in [0, 0.05) is 36.3 Å². The fourth-order valence-electron chi connectivity index (χ4n) is 7.72. The zero-order valence-corrected chi connectivity index (χ0v) is 24.5. The van der Waals surface area contributed by atoms with Crippen LogP contribution in [0.15, 0.2) is 36.4 Å². The van der Waals surface area contributed by atoms with Crippen molar-refractivity contribution in [1.29, 1.82) is 0 Å². The van der Waals surface area contributed by atoms with E-state index in [0.29, 0.717) is 23.7 Å². The Bertz CT molecular complexity index is 1380. The second kappa shape index (κ2) is 9.66. The van der Waals surface area contributed by atoms with Gasteiger partial charge in [-0.15, -0.1) is 0 Å². The number of hydrogen-bond acceptors (Lipinski definition) is 5. The third kappa shape index (κ3) is 3.87. The Morgan fingerprint density at radius 1 is 1.20 bits per heavy atom. The van der Waals surface area contributed by atoms with Gasteiger partial charge in [0.2, 0.25) is 11.8 Å². The minimum atomic E-state index is -1.23. The molecule has 1 spiro atoms. The lowest BCUT2D eigenvalue weighted by atomic mass is 9.41. The molecule has 4 aliphatic rings. The van der Waals surface area contributed by atoms with Crippen molar-refractivity contribution in [1.82, 2.24) is 15.5 Å². The van der Waals surface area contributed by atoms with Gasteiger partial charge in [-0.1, -0.05) is 62.2 Å². The second-order valence-corrected chi connectivity index (χ2v) is 13.5. The Morgan fingerprint density at radius 2 is 1.95 bits per heavy atom. The van der Waals surface area contributed by atoms with Crippen LogP contribution in [-0.4, -0.2) is 67.2 Å². The number of fused-ring (bicyclic) bond motifs is 4. The molecule has 3 aliphatic heterocycles. The molecule has 1 unspecified atom stereocenters. The number of nitrogens with one attached hydrogen (secondary N) is 3. The molecule has 3 heterocycles. The van der Waals surface area contributed by atoms with Crippen LogP contribution in [0.25, 0.3) is 0 Å². The van der Waals surface area contributed by atoms with Crippen LogP contribution in [0.3, 0.4) is 0 Å². The number of hydrogen-bond donors (Lipinski definition) is 3. The van der Waals surface area contributed by atoms with Crippen molar-refractivity contribution < 1.29 is 18.7 Å². The molecule has 10 heteroatoms. The first-order chi connectivity index (χ1) is 19.0. The minimum Gasteiger partial charge on any atom is -0.379 e. The molecule has 2 amide bonds. The maximum absolute atomic E-state index is 15.8. The van der Waals surface area contributed by atoms with Gasteiger partial charge in [-0.05, 0) is 54.1 Å². The summed E-state index contributed by atoms with van der Waals surface area (Å²) in [5.41, 5.74) is -2.01. The predicted molar refractivity (Wildman–Crippen MR) is 153 cm³/mol. The molecule has 2 saturated heterocycles. The van der Waals surface area contributed by atoms with E-state index in [4.69, 9.17) is 27.9 Å². The number of morpholine rings is 1. The molecule has 0 radical (unpaired) electrons. The number of carbonyl (C=O) groups is 2. The summed E-state index contributed by atoms with van der Waals surface area (Å²) in [6.07, 6.45) is 1.30. The first-order valence-electron chi connectivity index (χ1n) is 13.9. The smallest absolute Gasteiger partial charge is 0.242 e. The van der Waals surface area contributed by atoms with Crippen LogP contribution >= 0.6 is 23.2 Å². The standard InChI is InChI=1S/C30H35Cl2FN4O3/c1-27(2,3)17-28-29(20-9-8-18(31)16-22(20)35-25(29)38)24(19-6-4-7-21(32)23(19)33)30(28,36-28)26(39)34-10-5-11-37-12-14-40-15-13-37/h4,6-9,16,24,36H,5,10-15,17H2,1-3H3,(H,34,39)(H,35,38)/t24-,28?,29+,30+/m1/s1. The number of halogens is 3. The first-order valence-corrected chi connectivity index (χ1v) is 14.7. The van der Waals surface area contributed by atoms with Crippen molar-refractivity contribution >= 4 is 40.7 Å². The number of ether oxygens (including phenoxy) is 1. The van der Waals surface area contributed by atoms with Crippen LogP contribution in [0, 0.1) is 11.2 Å². The summed E-state index contributed by atoms with van der Waals surface area (Å²) >= 11 is 12.6. The van der Waals surface area contributed by atoms with Crippen molar-refractivity contribution in [3.8, 4) is 0 Å². The Labute approximate surface area is 244 Å². The van der Waals surface area contributed by atoms with Crippen molar-refractivity contribution in [2.45, 2.75) is 56.0 Å². The van der Waals surface area contributed by atoms with Gasteiger partial charge in [0.25, 0.3) is 0 Å². The van der Waals surface area contributed by atoms with Gasteiger partial charge in [-0.25, -0.2) is 4.39 Å². The quantitative estimate of drug-likeness (QED) is 0.328. The number of amides is 2. The van der Waals surface area contributed by atoms with Crippen molar-refractivity contribution in [2.24, 2.45) is 5.41 Å². The van der Waals surface area contributed by atoms with E-state index >= 15 is 4.39 Å². The summed E-state index contributed by atoms with van der Waals surface area (Å²) < 4.78 is 21.2. The SMILES string of the molecule is CC(C)(C)CC12N[C@]1(C(=O)NCCCN1CCOCC1)[C@H](c1cccc(Cl)c1F)[C@@]21C(=O)Nc2cc(Cl)ccc21. The fraction of sp³-hybridized carbons (Fsp3) is 0.533. The number of nitrogens with zero attached hydrogens (tertiary/aromatic N) is 1. The van der Waals surface area contributed by atoms with Crippen LogP contribution in [0.5, 0.6) is 0 Å². The first kappa shape index (κ1) is 27.9. The van der Waals surface area contributed by atoms with E-state index in [0.717, 1.165) is 44.8 Å².